The Bertz CT molecular complexity index is 899. The number of hydrogen-bond donors (Lipinski definition) is 2. The van der Waals surface area contributed by atoms with Crippen LogP contribution in [0.25, 0.3) is 16.6 Å². The molecule has 0 saturated carbocycles. The summed E-state index contributed by atoms with van der Waals surface area (Å²) in [6, 6.07) is 13.5. The Kier molecular flexibility index (Phi) is 3.55. The van der Waals surface area contributed by atoms with Gasteiger partial charge in [0.2, 0.25) is 0 Å². The number of fused-ring (bicyclic) bond motifs is 1. The van der Waals surface area contributed by atoms with Crippen molar-refractivity contribution < 1.29 is 0 Å². The first-order valence-corrected chi connectivity index (χ1v) is 7.24. The first-order chi connectivity index (χ1) is 10.6. The molecule has 0 radical (unpaired) electrons. The number of nitrogens with one attached hydrogen (secondary N) is 1. The van der Waals surface area contributed by atoms with E-state index in [-0.39, 0.29) is 11.5 Å². The molecule has 22 heavy (non-hydrogen) atoms. The number of aromatic nitrogens is 2. The number of aryl methyl sites for hydroxylation is 1. The number of benzene rings is 2. The van der Waals surface area contributed by atoms with Gasteiger partial charge >= 0.3 is 5.69 Å². The fraction of sp³-hybridized carbons (Fsp3) is 0.176. The Morgan fingerprint density at radius 1 is 1.23 bits per heavy atom. The maximum Gasteiger partial charge on any atom is 0.354 e. The second-order valence-corrected chi connectivity index (χ2v) is 5.16. The minimum atomic E-state index is -0.368. The van der Waals surface area contributed by atoms with Crippen LogP contribution in [-0.4, -0.2) is 16.1 Å². The van der Waals surface area contributed by atoms with E-state index in [1.54, 1.807) is 4.57 Å². The van der Waals surface area contributed by atoms with Gasteiger partial charge in [0.05, 0.1) is 11.2 Å². The molecule has 3 N–H and O–H groups in total. The van der Waals surface area contributed by atoms with Crippen LogP contribution >= 0.6 is 0 Å². The highest BCUT2D eigenvalue weighted by atomic mass is 16.1. The molecule has 0 atom stereocenters. The second kappa shape index (κ2) is 5.52. The van der Waals surface area contributed by atoms with Gasteiger partial charge in [-0.2, -0.15) is 4.98 Å². The van der Waals surface area contributed by atoms with E-state index in [4.69, 9.17) is 5.73 Å². The number of rotatable bonds is 3. The predicted octanol–water partition coefficient (Wildman–Crippen LogP) is 2.71. The highest BCUT2D eigenvalue weighted by Crippen LogP contribution is 2.24. The average molecular weight is 294 g/mol. The summed E-state index contributed by atoms with van der Waals surface area (Å²) in [5, 5.41) is 4.02. The summed E-state index contributed by atoms with van der Waals surface area (Å²) in [5.41, 5.74) is 9.08. The molecule has 1 heterocycles. The van der Waals surface area contributed by atoms with E-state index in [1.165, 1.54) is 0 Å². The van der Waals surface area contributed by atoms with E-state index in [2.05, 4.69) is 10.3 Å². The zero-order valence-corrected chi connectivity index (χ0v) is 12.6. The molecular weight excluding hydrogens is 276 g/mol. The molecule has 5 nitrogen and oxygen atoms in total. The van der Waals surface area contributed by atoms with Gasteiger partial charge in [-0.15, -0.1) is 0 Å². The summed E-state index contributed by atoms with van der Waals surface area (Å²) in [7, 11) is 0. The van der Waals surface area contributed by atoms with Gasteiger partial charge in [-0.3, -0.25) is 4.57 Å². The number of nitrogens with zero attached hydrogens (tertiary/aromatic N) is 2. The lowest BCUT2D eigenvalue weighted by atomic mass is 10.1. The molecule has 5 heteroatoms. The maximum atomic E-state index is 12.4. The number of para-hydroxylation sites is 1. The van der Waals surface area contributed by atoms with Crippen molar-refractivity contribution in [2.24, 2.45) is 0 Å². The van der Waals surface area contributed by atoms with Crippen molar-refractivity contribution in [3.8, 4) is 5.69 Å². The molecule has 3 rings (SSSR count). The van der Waals surface area contributed by atoms with Gasteiger partial charge in [-0.25, -0.2) is 4.79 Å². The second-order valence-electron chi connectivity index (χ2n) is 5.16. The van der Waals surface area contributed by atoms with Gasteiger partial charge in [-0.1, -0.05) is 18.2 Å². The zero-order chi connectivity index (χ0) is 15.7. The summed E-state index contributed by atoms with van der Waals surface area (Å²) in [5.74, 6) is 0.257. The van der Waals surface area contributed by atoms with Crippen molar-refractivity contribution in [3.05, 3.63) is 58.5 Å². The van der Waals surface area contributed by atoms with Gasteiger partial charge in [0, 0.05) is 17.6 Å². The fourth-order valence-electron chi connectivity index (χ4n) is 2.61. The lowest BCUT2D eigenvalue weighted by molar-refractivity contribution is 0.955. The van der Waals surface area contributed by atoms with E-state index in [0.29, 0.717) is 0 Å². The molecule has 112 valence electrons. The minimum absolute atomic E-state index is 0.257. The largest absolute Gasteiger partial charge is 0.385 e. The van der Waals surface area contributed by atoms with Crippen LogP contribution in [0.15, 0.2) is 47.3 Å². The maximum absolute atomic E-state index is 12.4. The third-order valence-electron chi connectivity index (χ3n) is 3.66. The number of nitrogens with two attached hydrogens (primary N) is 1. The van der Waals surface area contributed by atoms with Gasteiger partial charge in [0.25, 0.3) is 0 Å². The van der Waals surface area contributed by atoms with Crippen molar-refractivity contribution in [2.75, 3.05) is 17.6 Å². The Labute approximate surface area is 128 Å². The van der Waals surface area contributed by atoms with Crippen molar-refractivity contribution in [1.82, 2.24) is 9.55 Å². The third kappa shape index (κ3) is 2.30. The number of anilines is 2. The standard InChI is InChI=1S/C17H18N4O/c1-3-19-12-8-9-13-15(10-12)21(17(22)20-16(13)18)14-7-5-4-6-11(14)2/h4-10,19H,3H2,1-2H3,(H2,18,20,22). The molecule has 0 bridgehead atoms. The van der Waals surface area contributed by atoms with Crippen LogP contribution in [-0.2, 0) is 0 Å². The molecule has 0 fully saturated rings. The molecule has 2 aromatic carbocycles. The van der Waals surface area contributed by atoms with E-state index in [1.807, 2.05) is 56.3 Å². The summed E-state index contributed by atoms with van der Waals surface area (Å²) < 4.78 is 1.61. The van der Waals surface area contributed by atoms with Crippen LogP contribution in [0.2, 0.25) is 0 Å². The molecule has 0 aliphatic rings. The fourth-order valence-corrected chi connectivity index (χ4v) is 2.61. The summed E-state index contributed by atoms with van der Waals surface area (Å²) >= 11 is 0. The zero-order valence-electron chi connectivity index (χ0n) is 12.6. The van der Waals surface area contributed by atoms with Crippen molar-refractivity contribution in [2.45, 2.75) is 13.8 Å². The molecule has 0 aliphatic carbocycles. The monoisotopic (exact) mass is 294 g/mol. The molecule has 1 aromatic heterocycles. The van der Waals surface area contributed by atoms with Crippen LogP contribution in [0.5, 0.6) is 0 Å². The van der Waals surface area contributed by atoms with E-state index in [9.17, 15) is 4.79 Å². The first-order valence-electron chi connectivity index (χ1n) is 7.24. The first kappa shape index (κ1) is 14.1. The predicted molar refractivity (Wildman–Crippen MR) is 90.7 cm³/mol. The van der Waals surface area contributed by atoms with Gasteiger partial charge in [-0.05, 0) is 43.7 Å². The third-order valence-corrected chi connectivity index (χ3v) is 3.66. The molecule has 0 unspecified atom stereocenters. The summed E-state index contributed by atoms with van der Waals surface area (Å²) in [6.07, 6.45) is 0. The van der Waals surface area contributed by atoms with Crippen molar-refractivity contribution >= 4 is 22.4 Å². The van der Waals surface area contributed by atoms with E-state index < -0.39 is 0 Å². The molecule has 3 aromatic rings. The topological polar surface area (TPSA) is 72.9 Å². The van der Waals surface area contributed by atoms with Gasteiger partial charge in [0.1, 0.15) is 5.82 Å². The minimum Gasteiger partial charge on any atom is -0.385 e. The van der Waals surface area contributed by atoms with Gasteiger partial charge < -0.3 is 11.1 Å². The van der Waals surface area contributed by atoms with Crippen LogP contribution in [0.1, 0.15) is 12.5 Å². The Morgan fingerprint density at radius 3 is 2.73 bits per heavy atom. The van der Waals surface area contributed by atoms with Crippen LogP contribution in [0.3, 0.4) is 0 Å². The van der Waals surface area contributed by atoms with Crippen LogP contribution < -0.4 is 16.7 Å². The molecule has 0 spiro atoms. The smallest absolute Gasteiger partial charge is 0.354 e. The molecular formula is C17H18N4O. The number of hydrogen-bond acceptors (Lipinski definition) is 4. The molecule has 0 aliphatic heterocycles. The lowest BCUT2D eigenvalue weighted by Gasteiger charge is -2.14. The molecule has 0 saturated heterocycles. The van der Waals surface area contributed by atoms with Crippen molar-refractivity contribution in [1.29, 1.82) is 0 Å². The molecule has 0 amide bonds. The highest BCUT2D eigenvalue weighted by molar-refractivity contribution is 5.91. The summed E-state index contributed by atoms with van der Waals surface area (Å²) in [6.45, 7) is 4.80. The van der Waals surface area contributed by atoms with Crippen LogP contribution in [0, 0.1) is 6.92 Å². The summed E-state index contributed by atoms with van der Waals surface area (Å²) in [4.78, 5) is 16.4. The van der Waals surface area contributed by atoms with E-state index in [0.717, 1.165) is 34.4 Å². The van der Waals surface area contributed by atoms with Crippen LogP contribution in [0.4, 0.5) is 11.5 Å². The normalized spacial score (nSPS) is 10.8. The Morgan fingerprint density at radius 2 is 2.00 bits per heavy atom. The Balaban J connectivity index is 2.40. The number of nitrogen functional groups attached to an aromatic ring is 1. The van der Waals surface area contributed by atoms with Crippen molar-refractivity contribution in [3.63, 3.8) is 0 Å². The highest BCUT2D eigenvalue weighted by Gasteiger charge is 2.12. The Hall–Kier alpha value is -2.82. The SMILES string of the molecule is CCNc1ccc2c(N)nc(=O)n(-c3ccccc3C)c2c1. The van der Waals surface area contributed by atoms with Gasteiger partial charge in [0.15, 0.2) is 0 Å². The average Bonchev–Trinajstić information content (AvgIpc) is 2.49. The van der Waals surface area contributed by atoms with E-state index >= 15 is 0 Å². The lowest BCUT2D eigenvalue weighted by Crippen LogP contribution is -2.23. The quantitative estimate of drug-likeness (QED) is 0.779.